The Morgan fingerprint density at radius 2 is 2.06 bits per heavy atom. The first-order chi connectivity index (χ1) is 8.22. The van der Waals surface area contributed by atoms with Gasteiger partial charge in [-0.1, -0.05) is 0 Å². The number of benzene rings is 1. The SMILES string of the molecule is O=Cc1ccc(C(=O)O)cc1N1CCOCC1. The molecule has 1 N–H and O–H groups in total. The monoisotopic (exact) mass is 235 g/mol. The van der Waals surface area contributed by atoms with E-state index in [-0.39, 0.29) is 5.56 Å². The lowest BCUT2D eigenvalue weighted by molar-refractivity contribution is 0.0696. The zero-order chi connectivity index (χ0) is 12.3. The summed E-state index contributed by atoms with van der Waals surface area (Å²) in [5, 5.41) is 8.94. The highest BCUT2D eigenvalue weighted by Gasteiger charge is 2.16. The average molecular weight is 235 g/mol. The highest BCUT2D eigenvalue weighted by Crippen LogP contribution is 2.22. The second-order valence-electron chi connectivity index (χ2n) is 3.80. The minimum Gasteiger partial charge on any atom is -0.478 e. The molecule has 1 heterocycles. The molecule has 0 unspecified atom stereocenters. The molecule has 1 aromatic rings. The highest BCUT2D eigenvalue weighted by molar-refractivity contribution is 5.93. The van der Waals surface area contributed by atoms with E-state index in [4.69, 9.17) is 9.84 Å². The van der Waals surface area contributed by atoms with E-state index < -0.39 is 5.97 Å². The third kappa shape index (κ3) is 2.45. The second kappa shape index (κ2) is 4.97. The molecule has 0 aromatic heterocycles. The summed E-state index contributed by atoms with van der Waals surface area (Å²) < 4.78 is 5.23. The van der Waals surface area contributed by atoms with Gasteiger partial charge in [-0.15, -0.1) is 0 Å². The van der Waals surface area contributed by atoms with E-state index in [1.165, 1.54) is 12.1 Å². The smallest absolute Gasteiger partial charge is 0.335 e. The van der Waals surface area contributed by atoms with Gasteiger partial charge >= 0.3 is 5.97 Å². The van der Waals surface area contributed by atoms with Gasteiger partial charge in [-0.25, -0.2) is 4.79 Å². The lowest BCUT2D eigenvalue weighted by Gasteiger charge is -2.30. The van der Waals surface area contributed by atoms with E-state index in [0.29, 0.717) is 37.6 Å². The van der Waals surface area contributed by atoms with Gasteiger partial charge in [0.25, 0.3) is 0 Å². The van der Waals surface area contributed by atoms with Crippen LogP contribution in [0.4, 0.5) is 5.69 Å². The van der Waals surface area contributed by atoms with Crippen molar-refractivity contribution < 1.29 is 19.4 Å². The van der Waals surface area contributed by atoms with Crippen molar-refractivity contribution in [3.63, 3.8) is 0 Å². The Bertz CT molecular complexity index is 438. The Morgan fingerprint density at radius 1 is 1.35 bits per heavy atom. The maximum atomic E-state index is 10.9. The van der Waals surface area contributed by atoms with Crippen molar-refractivity contribution in [2.24, 2.45) is 0 Å². The number of hydrogen-bond acceptors (Lipinski definition) is 4. The first-order valence-corrected chi connectivity index (χ1v) is 5.37. The van der Waals surface area contributed by atoms with Crippen LogP contribution < -0.4 is 4.90 Å². The molecular weight excluding hydrogens is 222 g/mol. The maximum absolute atomic E-state index is 10.9. The standard InChI is InChI=1S/C12H13NO4/c14-8-10-2-1-9(12(15)16)7-11(10)13-3-5-17-6-4-13/h1-2,7-8H,3-6H2,(H,15,16). The molecule has 0 spiro atoms. The van der Waals surface area contributed by atoms with Crippen LogP contribution in [0.5, 0.6) is 0 Å². The van der Waals surface area contributed by atoms with Gasteiger partial charge in [0.2, 0.25) is 0 Å². The number of carbonyl (C=O) groups excluding carboxylic acids is 1. The van der Waals surface area contributed by atoms with Gasteiger partial charge in [0.1, 0.15) is 0 Å². The molecule has 5 heteroatoms. The molecule has 0 aliphatic carbocycles. The number of morpholine rings is 1. The Balaban J connectivity index is 2.37. The fourth-order valence-corrected chi connectivity index (χ4v) is 1.85. The first-order valence-electron chi connectivity index (χ1n) is 5.37. The van der Waals surface area contributed by atoms with Crippen molar-refractivity contribution in [3.05, 3.63) is 29.3 Å². The van der Waals surface area contributed by atoms with Gasteiger partial charge in [-0.2, -0.15) is 0 Å². The highest BCUT2D eigenvalue weighted by atomic mass is 16.5. The second-order valence-corrected chi connectivity index (χ2v) is 3.80. The number of hydrogen-bond donors (Lipinski definition) is 1. The number of carboxylic acid groups (broad SMARTS) is 1. The van der Waals surface area contributed by atoms with E-state index in [9.17, 15) is 9.59 Å². The Labute approximate surface area is 98.6 Å². The van der Waals surface area contributed by atoms with Crippen LogP contribution in [-0.2, 0) is 4.74 Å². The number of carboxylic acids is 1. The van der Waals surface area contributed by atoms with Crippen molar-refractivity contribution in [1.82, 2.24) is 0 Å². The van der Waals surface area contributed by atoms with Crippen LogP contribution in [0, 0.1) is 0 Å². The molecule has 1 aliphatic heterocycles. The van der Waals surface area contributed by atoms with E-state index in [2.05, 4.69) is 0 Å². The zero-order valence-corrected chi connectivity index (χ0v) is 9.26. The van der Waals surface area contributed by atoms with E-state index in [0.717, 1.165) is 6.29 Å². The van der Waals surface area contributed by atoms with Crippen LogP contribution in [0.25, 0.3) is 0 Å². The van der Waals surface area contributed by atoms with Crippen molar-refractivity contribution in [2.75, 3.05) is 31.2 Å². The van der Waals surface area contributed by atoms with Gasteiger partial charge in [-0.3, -0.25) is 4.79 Å². The number of aldehydes is 1. The summed E-state index contributed by atoms with van der Waals surface area (Å²) in [5.74, 6) is -0.989. The molecule has 0 bridgehead atoms. The molecule has 17 heavy (non-hydrogen) atoms. The van der Waals surface area contributed by atoms with Crippen LogP contribution in [0.1, 0.15) is 20.7 Å². The summed E-state index contributed by atoms with van der Waals surface area (Å²) in [6.07, 6.45) is 0.746. The number of anilines is 1. The number of nitrogens with zero attached hydrogens (tertiary/aromatic N) is 1. The Morgan fingerprint density at radius 3 is 2.65 bits per heavy atom. The fraction of sp³-hybridized carbons (Fsp3) is 0.333. The molecule has 0 amide bonds. The normalized spacial score (nSPS) is 15.6. The summed E-state index contributed by atoms with van der Waals surface area (Å²) in [7, 11) is 0. The quantitative estimate of drug-likeness (QED) is 0.793. The maximum Gasteiger partial charge on any atom is 0.335 e. The summed E-state index contributed by atoms with van der Waals surface area (Å²) in [5.41, 5.74) is 1.37. The lowest BCUT2D eigenvalue weighted by Crippen LogP contribution is -2.36. The van der Waals surface area contributed by atoms with Crippen molar-refractivity contribution in [3.8, 4) is 0 Å². The van der Waals surface area contributed by atoms with Crippen LogP contribution in [-0.4, -0.2) is 43.7 Å². The molecule has 1 aromatic carbocycles. The molecule has 1 aliphatic rings. The largest absolute Gasteiger partial charge is 0.478 e. The van der Waals surface area contributed by atoms with E-state index >= 15 is 0 Å². The molecular formula is C12H13NO4. The summed E-state index contributed by atoms with van der Waals surface area (Å²) in [4.78, 5) is 23.8. The number of carbonyl (C=O) groups is 2. The van der Waals surface area contributed by atoms with Gasteiger partial charge in [0, 0.05) is 24.3 Å². The topological polar surface area (TPSA) is 66.8 Å². The first kappa shape index (κ1) is 11.6. The Kier molecular flexibility index (Phi) is 3.39. The minimum absolute atomic E-state index is 0.192. The lowest BCUT2D eigenvalue weighted by atomic mass is 10.1. The van der Waals surface area contributed by atoms with Crippen LogP contribution >= 0.6 is 0 Å². The van der Waals surface area contributed by atoms with Crippen molar-refractivity contribution >= 4 is 17.9 Å². The van der Waals surface area contributed by atoms with Crippen molar-refractivity contribution in [2.45, 2.75) is 0 Å². The molecule has 5 nitrogen and oxygen atoms in total. The predicted octanol–water partition coefficient (Wildman–Crippen LogP) is 1.03. The molecule has 0 atom stereocenters. The number of ether oxygens (including phenoxy) is 1. The molecule has 90 valence electrons. The number of rotatable bonds is 3. The third-order valence-electron chi connectivity index (χ3n) is 2.76. The summed E-state index contributed by atoms with van der Waals surface area (Å²) >= 11 is 0. The van der Waals surface area contributed by atoms with Crippen molar-refractivity contribution in [1.29, 1.82) is 0 Å². The van der Waals surface area contributed by atoms with E-state index in [1.807, 2.05) is 4.90 Å². The van der Waals surface area contributed by atoms with Gasteiger partial charge in [-0.05, 0) is 18.2 Å². The predicted molar refractivity (Wildman–Crippen MR) is 61.8 cm³/mol. The molecule has 1 saturated heterocycles. The zero-order valence-electron chi connectivity index (χ0n) is 9.26. The van der Waals surface area contributed by atoms with Gasteiger partial charge in [0.15, 0.2) is 6.29 Å². The van der Waals surface area contributed by atoms with Crippen LogP contribution in [0.15, 0.2) is 18.2 Å². The molecule has 1 fully saturated rings. The van der Waals surface area contributed by atoms with Gasteiger partial charge < -0.3 is 14.7 Å². The Hall–Kier alpha value is -1.88. The van der Waals surface area contributed by atoms with E-state index in [1.54, 1.807) is 6.07 Å². The minimum atomic E-state index is -0.989. The van der Waals surface area contributed by atoms with Crippen LogP contribution in [0.2, 0.25) is 0 Å². The van der Waals surface area contributed by atoms with Gasteiger partial charge in [0.05, 0.1) is 18.8 Å². The molecule has 0 radical (unpaired) electrons. The number of aromatic carboxylic acids is 1. The average Bonchev–Trinajstić information content (AvgIpc) is 2.39. The summed E-state index contributed by atoms with van der Waals surface area (Å²) in [6.45, 7) is 2.53. The fourth-order valence-electron chi connectivity index (χ4n) is 1.85. The van der Waals surface area contributed by atoms with Crippen LogP contribution in [0.3, 0.4) is 0 Å². The molecule has 0 saturated carbocycles. The third-order valence-corrected chi connectivity index (χ3v) is 2.76. The summed E-state index contributed by atoms with van der Waals surface area (Å²) in [6, 6.07) is 4.52. The molecule has 2 rings (SSSR count).